The molecule has 0 aliphatic heterocycles. The zero-order valence-electron chi connectivity index (χ0n) is 8.33. The first kappa shape index (κ1) is 13.4. The molecule has 0 spiro atoms. The lowest BCUT2D eigenvalue weighted by Crippen LogP contribution is -1.92. The van der Waals surface area contributed by atoms with Crippen molar-refractivity contribution < 1.29 is 13.9 Å². The fraction of sp³-hybridized carbons (Fsp3) is 0.167. The number of rotatable bonds is 2. The second-order valence-electron chi connectivity index (χ2n) is 3.17. The van der Waals surface area contributed by atoms with Gasteiger partial charge in [-0.2, -0.15) is 0 Å². The molecule has 5 heteroatoms. The van der Waals surface area contributed by atoms with Crippen LogP contribution in [0.5, 0.6) is 5.75 Å². The molecule has 0 aliphatic carbocycles. The Labute approximate surface area is 103 Å². The molecule has 0 amide bonds. The van der Waals surface area contributed by atoms with Crippen LogP contribution in [0.4, 0.5) is 4.39 Å². The van der Waals surface area contributed by atoms with Crippen molar-refractivity contribution in [3.63, 3.8) is 0 Å². The highest BCUT2D eigenvalue weighted by molar-refractivity contribution is 6.32. The van der Waals surface area contributed by atoms with E-state index in [9.17, 15) is 9.18 Å². The molecule has 0 saturated heterocycles. The third kappa shape index (κ3) is 2.36. The summed E-state index contributed by atoms with van der Waals surface area (Å²) in [6.07, 6.45) is 0.602. The molecule has 2 rings (SSSR count). The van der Waals surface area contributed by atoms with Crippen LogP contribution in [0, 0.1) is 5.82 Å². The first-order chi connectivity index (χ1) is 7.65. The van der Waals surface area contributed by atoms with Crippen LogP contribution in [0.2, 0.25) is 5.15 Å². The number of aromatic nitrogens is 1. The van der Waals surface area contributed by atoms with Gasteiger partial charge in [-0.1, -0.05) is 19.0 Å². The molecule has 0 bridgehead atoms. The van der Waals surface area contributed by atoms with Crippen LogP contribution in [0.15, 0.2) is 18.2 Å². The number of ether oxygens (including phenoxy) is 1. The number of carbonyl (C=O) groups excluding carboxylic acids is 1. The molecule has 0 N–H and O–H groups in total. The van der Waals surface area contributed by atoms with Crippen molar-refractivity contribution in [2.24, 2.45) is 0 Å². The van der Waals surface area contributed by atoms with Gasteiger partial charge < -0.3 is 4.74 Å². The molecular weight excluding hydrogens is 245 g/mol. The third-order valence-electron chi connectivity index (χ3n) is 2.20. The summed E-state index contributed by atoms with van der Waals surface area (Å²) in [7, 11) is 1.37. The lowest BCUT2D eigenvalue weighted by atomic mass is 10.1. The van der Waals surface area contributed by atoms with Crippen LogP contribution in [-0.4, -0.2) is 18.4 Å². The standard InChI is InChI=1S/C11H7ClFNO2.CH4/c1-16-10-3-6-2-7(5-15)11(12)14-9(6)4-8(10)13;/h2-5H,1H3;1H4. The Kier molecular flexibility index (Phi) is 4.02. The van der Waals surface area contributed by atoms with Gasteiger partial charge in [0, 0.05) is 11.5 Å². The minimum Gasteiger partial charge on any atom is -0.494 e. The number of carbonyl (C=O) groups is 1. The number of fused-ring (bicyclic) bond motifs is 1. The van der Waals surface area contributed by atoms with Gasteiger partial charge in [0.25, 0.3) is 0 Å². The molecule has 1 heterocycles. The number of hydrogen-bond donors (Lipinski definition) is 0. The maximum atomic E-state index is 13.4. The summed E-state index contributed by atoms with van der Waals surface area (Å²) in [4.78, 5) is 14.6. The molecule has 2 aromatic rings. The third-order valence-corrected chi connectivity index (χ3v) is 2.50. The molecule has 0 aliphatic rings. The second kappa shape index (κ2) is 5.10. The van der Waals surface area contributed by atoms with Gasteiger partial charge in [-0.15, -0.1) is 0 Å². The highest BCUT2D eigenvalue weighted by Gasteiger charge is 2.09. The van der Waals surface area contributed by atoms with Crippen molar-refractivity contribution in [3.8, 4) is 5.75 Å². The molecule has 1 aromatic heterocycles. The second-order valence-corrected chi connectivity index (χ2v) is 3.52. The maximum Gasteiger partial charge on any atom is 0.167 e. The molecule has 0 unspecified atom stereocenters. The predicted octanol–water partition coefficient (Wildman–Crippen LogP) is 3.48. The van der Waals surface area contributed by atoms with Gasteiger partial charge in [0.05, 0.1) is 18.2 Å². The van der Waals surface area contributed by atoms with Crippen molar-refractivity contribution in [3.05, 3.63) is 34.7 Å². The van der Waals surface area contributed by atoms with E-state index in [4.69, 9.17) is 16.3 Å². The fourth-order valence-corrected chi connectivity index (χ4v) is 1.60. The van der Waals surface area contributed by atoms with Crippen LogP contribution < -0.4 is 4.74 Å². The average Bonchev–Trinajstić information content (AvgIpc) is 2.27. The zero-order valence-corrected chi connectivity index (χ0v) is 9.08. The largest absolute Gasteiger partial charge is 0.494 e. The Morgan fingerprint density at radius 2 is 2.12 bits per heavy atom. The SMILES string of the molecule is C.COc1cc2cc(C=O)c(Cl)nc2cc1F. The Morgan fingerprint density at radius 3 is 2.71 bits per heavy atom. The number of methoxy groups -OCH3 is 1. The monoisotopic (exact) mass is 255 g/mol. The summed E-state index contributed by atoms with van der Waals surface area (Å²) in [5.41, 5.74) is 0.650. The number of benzene rings is 1. The van der Waals surface area contributed by atoms with Gasteiger partial charge >= 0.3 is 0 Å². The highest BCUT2D eigenvalue weighted by Crippen LogP contribution is 2.26. The molecule has 90 valence electrons. The summed E-state index contributed by atoms with van der Waals surface area (Å²) in [6.45, 7) is 0. The van der Waals surface area contributed by atoms with Crippen LogP contribution >= 0.6 is 11.6 Å². The van der Waals surface area contributed by atoms with Crippen molar-refractivity contribution >= 4 is 28.8 Å². The molecule has 3 nitrogen and oxygen atoms in total. The van der Waals surface area contributed by atoms with Crippen molar-refractivity contribution in [1.82, 2.24) is 4.98 Å². The number of aldehydes is 1. The molecule has 0 atom stereocenters. The van der Waals surface area contributed by atoms with Gasteiger partial charge in [-0.3, -0.25) is 4.79 Å². The van der Waals surface area contributed by atoms with Crippen LogP contribution in [-0.2, 0) is 0 Å². The number of pyridine rings is 1. The molecular formula is C12H11ClFNO2. The number of nitrogens with zero attached hydrogens (tertiary/aromatic N) is 1. The van der Waals surface area contributed by atoms with Crippen LogP contribution in [0.1, 0.15) is 17.8 Å². The normalized spacial score (nSPS) is 9.82. The van der Waals surface area contributed by atoms with Crippen LogP contribution in [0.3, 0.4) is 0 Å². The average molecular weight is 256 g/mol. The van der Waals surface area contributed by atoms with Gasteiger partial charge in [0.2, 0.25) is 0 Å². The van der Waals surface area contributed by atoms with Gasteiger partial charge in [-0.25, -0.2) is 9.37 Å². The van der Waals surface area contributed by atoms with E-state index < -0.39 is 5.82 Å². The van der Waals surface area contributed by atoms with E-state index in [2.05, 4.69) is 4.98 Å². The van der Waals surface area contributed by atoms with E-state index in [1.54, 1.807) is 6.07 Å². The van der Waals surface area contributed by atoms with Gasteiger partial charge in [0.1, 0.15) is 5.15 Å². The summed E-state index contributed by atoms with van der Waals surface area (Å²) in [5.74, 6) is -0.411. The first-order valence-corrected chi connectivity index (χ1v) is 4.82. The Bertz CT molecular complexity index is 572. The Morgan fingerprint density at radius 1 is 1.41 bits per heavy atom. The van der Waals surface area contributed by atoms with E-state index in [0.29, 0.717) is 17.2 Å². The Balaban J connectivity index is 0.00000144. The predicted molar refractivity (Wildman–Crippen MR) is 65.4 cm³/mol. The molecule has 1 aromatic carbocycles. The van der Waals surface area contributed by atoms with Crippen molar-refractivity contribution in [2.75, 3.05) is 7.11 Å². The van der Waals surface area contributed by atoms with E-state index in [-0.39, 0.29) is 23.9 Å². The molecule has 0 radical (unpaired) electrons. The topological polar surface area (TPSA) is 39.2 Å². The van der Waals surface area contributed by atoms with Crippen LogP contribution in [0.25, 0.3) is 10.9 Å². The van der Waals surface area contributed by atoms with E-state index >= 15 is 0 Å². The van der Waals surface area contributed by atoms with E-state index in [0.717, 1.165) is 0 Å². The number of halogens is 2. The first-order valence-electron chi connectivity index (χ1n) is 4.44. The lowest BCUT2D eigenvalue weighted by Gasteiger charge is -2.05. The van der Waals surface area contributed by atoms with E-state index in [1.807, 2.05) is 0 Å². The number of hydrogen-bond acceptors (Lipinski definition) is 3. The quantitative estimate of drug-likeness (QED) is 0.609. The highest BCUT2D eigenvalue weighted by atomic mass is 35.5. The summed E-state index contributed by atoms with van der Waals surface area (Å²) in [6, 6.07) is 4.23. The Hall–Kier alpha value is -1.68. The summed E-state index contributed by atoms with van der Waals surface area (Å²) in [5, 5.41) is 0.664. The zero-order chi connectivity index (χ0) is 11.7. The summed E-state index contributed by atoms with van der Waals surface area (Å²) >= 11 is 5.73. The smallest absolute Gasteiger partial charge is 0.167 e. The van der Waals surface area contributed by atoms with Crippen molar-refractivity contribution in [2.45, 2.75) is 7.43 Å². The molecule has 0 fully saturated rings. The molecule has 17 heavy (non-hydrogen) atoms. The summed E-state index contributed by atoms with van der Waals surface area (Å²) < 4.78 is 18.2. The van der Waals surface area contributed by atoms with Crippen molar-refractivity contribution in [1.29, 1.82) is 0 Å². The maximum absolute atomic E-state index is 13.4. The van der Waals surface area contributed by atoms with Gasteiger partial charge in [0.15, 0.2) is 17.9 Å². The minimum atomic E-state index is -0.516. The van der Waals surface area contributed by atoms with E-state index in [1.165, 1.54) is 19.2 Å². The lowest BCUT2D eigenvalue weighted by molar-refractivity contribution is 0.112. The minimum absolute atomic E-state index is 0. The van der Waals surface area contributed by atoms with Gasteiger partial charge in [-0.05, 0) is 12.1 Å². The molecule has 0 saturated carbocycles. The fourth-order valence-electron chi connectivity index (χ4n) is 1.41.